The van der Waals surface area contributed by atoms with Gasteiger partial charge in [0.2, 0.25) is 0 Å². The van der Waals surface area contributed by atoms with Crippen LogP contribution in [-0.2, 0) is 10.0 Å². The maximum absolute atomic E-state index is 12.3. The number of amides is 1. The second-order valence-electron chi connectivity index (χ2n) is 4.89. The summed E-state index contributed by atoms with van der Waals surface area (Å²) in [5.74, 6) is 0.442. The highest BCUT2D eigenvalue weighted by Gasteiger charge is 2.20. The molecule has 0 bridgehead atoms. The molecule has 0 aromatic carbocycles. The molecule has 0 spiro atoms. The lowest BCUT2D eigenvalue weighted by atomic mass is 10.4. The Labute approximate surface area is 151 Å². The molecule has 0 saturated carbocycles. The number of anilines is 2. The molecule has 0 aliphatic rings. The van der Waals surface area contributed by atoms with Gasteiger partial charge in [0.05, 0.1) is 14.8 Å². The van der Waals surface area contributed by atoms with E-state index in [1.165, 1.54) is 29.8 Å². The number of aryl methyl sites for hydroxylation is 1. The Balaban J connectivity index is 1.75. The summed E-state index contributed by atoms with van der Waals surface area (Å²) in [4.78, 5) is 16.2. The van der Waals surface area contributed by atoms with Crippen molar-refractivity contribution in [2.75, 3.05) is 10.0 Å². The van der Waals surface area contributed by atoms with Crippen molar-refractivity contribution >= 4 is 50.5 Å². The number of hydrogen-bond acceptors (Lipinski definition) is 7. The van der Waals surface area contributed by atoms with Crippen molar-refractivity contribution in [2.45, 2.75) is 11.8 Å². The van der Waals surface area contributed by atoms with E-state index in [2.05, 4.69) is 20.2 Å². The number of halogens is 1. The molecule has 11 heteroatoms. The third kappa shape index (κ3) is 4.16. The molecule has 25 heavy (non-hydrogen) atoms. The van der Waals surface area contributed by atoms with E-state index in [1.54, 1.807) is 13.0 Å². The number of nitrogens with zero attached hydrogens (tertiary/aromatic N) is 2. The predicted octanol–water partition coefficient (Wildman–Crippen LogP) is 3.15. The fraction of sp³-hybridized carbons (Fsp3) is 0.0714. The zero-order chi connectivity index (χ0) is 18.0. The Morgan fingerprint density at radius 2 is 2.08 bits per heavy atom. The summed E-state index contributed by atoms with van der Waals surface area (Å²) >= 11 is 6.70. The van der Waals surface area contributed by atoms with Crippen LogP contribution in [0.3, 0.4) is 0 Å². The molecule has 3 rings (SSSR count). The van der Waals surface area contributed by atoms with Crippen LogP contribution in [0.1, 0.15) is 15.4 Å². The second-order valence-corrected chi connectivity index (χ2v) is 7.92. The smallest absolute Gasteiger partial charge is 0.267 e. The minimum Gasteiger partial charge on any atom is -0.360 e. The predicted molar refractivity (Wildman–Crippen MR) is 93.6 cm³/mol. The normalized spacial score (nSPS) is 11.3. The average Bonchev–Trinajstić information content (AvgIpc) is 3.19. The maximum atomic E-state index is 12.3. The van der Waals surface area contributed by atoms with E-state index >= 15 is 0 Å². The molecular formula is C14H11ClN4O4S2. The van der Waals surface area contributed by atoms with Crippen LogP contribution in [-0.4, -0.2) is 24.5 Å². The summed E-state index contributed by atoms with van der Waals surface area (Å²) in [6.45, 7) is 1.69. The SMILES string of the molecule is Cc1cc(NC(=O)c2cc(S(=O)(=O)Nc3ccc(Cl)cn3)cs2)no1. The standard InChI is InChI=1S/C14H11ClN4O4S2/c1-8-4-13(18-23-8)17-14(20)11-5-10(7-24-11)25(21,22)19-12-3-2-9(15)6-16-12/h2-7H,1H3,(H,16,19)(H,17,18,20). The van der Waals surface area contributed by atoms with Crippen molar-refractivity contribution in [3.05, 3.63) is 51.5 Å². The number of sulfonamides is 1. The fourth-order valence-corrected chi connectivity index (χ4v) is 4.10. The molecule has 0 aliphatic carbocycles. The van der Waals surface area contributed by atoms with Gasteiger partial charge >= 0.3 is 0 Å². The van der Waals surface area contributed by atoms with Gasteiger partial charge in [-0.05, 0) is 25.1 Å². The van der Waals surface area contributed by atoms with Crippen molar-refractivity contribution in [3.63, 3.8) is 0 Å². The quantitative estimate of drug-likeness (QED) is 0.682. The minimum atomic E-state index is -3.87. The Morgan fingerprint density at radius 3 is 2.72 bits per heavy atom. The van der Waals surface area contributed by atoms with Crippen molar-refractivity contribution in [1.29, 1.82) is 0 Å². The van der Waals surface area contributed by atoms with Gasteiger partial charge in [0, 0.05) is 17.6 Å². The largest absolute Gasteiger partial charge is 0.360 e. The molecule has 2 N–H and O–H groups in total. The van der Waals surface area contributed by atoms with Crippen LogP contribution < -0.4 is 10.0 Å². The van der Waals surface area contributed by atoms with Gasteiger partial charge < -0.3 is 9.84 Å². The summed E-state index contributed by atoms with van der Waals surface area (Å²) in [7, 11) is -3.87. The zero-order valence-corrected chi connectivity index (χ0v) is 15.1. The van der Waals surface area contributed by atoms with Crippen molar-refractivity contribution in [1.82, 2.24) is 10.1 Å². The maximum Gasteiger partial charge on any atom is 0.267 e. The molecule has 0 fully saturated rings. The first-order chi connectivity index (χ1) is 11.8. The molecule has 1 amide bonds. The topological polar surface area (TPSA) is 114 Å². The van der Waals surface area contributed by atoms with Gasteiger partial charge in [-0.2, -0.15) is 0 Å². The van der Waals surface area contributed by atoms with Crippen molar-refractivity contribution in [3.8, 4) is 0 Å². The number of thiophene rings is 1. The van der Waals surface area contributed by atoms with Gasteiger partial charge in [0.1, 0.15) is 11.6 Å². The zero-order valence-electron chi connectivity index (χ0n) is 12.7. The van der Waals surface area contributed by atoms with E-state index in [-0.39, 0.29) is 21.4 Å². The summed E-state index contributed by atoms with van der Waals surface area (Å²) in [5, 5.41) is 7.92. The molecule has 0 atom stereocenters. The number of pyridine rings is 1. The lowest BCUT2D eigenvalue weighted by Crippen LogP contribution is -2.14. The highest BCUT2D eigenvalue weighted by molar-refractivity contribution is 7.92. The summed E-state index contributed by atoms with van der Waals surface area (Å²) in [6, 6.07) is 5.77. The highest BCUT2D eigenvalue weighted by atomic mass is 35.5. The van der Waals surface area contributed by atoms with E-state index < -0.39 is 15.9 Å². The van der Waals surface area contributed by atoms with Crippen LogP contribution in [0, 0.1) is 6.92 Å². The first kappa shape index (κ1) is 17.4. The molecule has 3 aromatic heterocycles. The lowest BCUT2D eigenvalue weighted by molar-refractivity contribution is 0.102. The Kier molecular flexibility index (Phi) is 4.75. The molecule has 0 aliphatic heterocycles. The Hall–Kier alpha value is -2.43. The van der Waals surface area contributed by atoms with Crippen LogP contribution in [0.4, 0.5) is 11.6 Å². The van der Waals surface area contributed by atoms with E-state index in [1.807, 2.05) is 0 Å². The molecule has 130 valence electrons. The number of nitrogens with one attached hydrogen (secondary N) is 2. The first-order valence-corrected chi connectivity index (χ1v) is 9.55. The minimum absolute atomic E-state index is 0.0456. The molecule has 8 nitrogen and oxygen atoms in total. The van der Waals surface area contributed by atoms with Gasteiger partial charge in [0.25, 0.3) is 15.9 Å². The van der Waals surface area contributed by atoms with Crippen LogP contribution in [0.5, 0.6) is 0 Å². The third-order valence-corrected chi connectivity index (χ3v) is 5.58. The van der Waals surface area contributed by atoms with Crippen LogP contribution >= 0.6 is 22.9 Å². The number of aromatic nitrogens is 2. The Morgan fingerprint density at radius 1 is 1.28 bits per heavy atom. The lowest BCUT2D eigenvalue weighted by Gasteiger charge is -2.05. The number of hydrogen-bond donors (Lipinski definition) is 2. The molecule has 0 saturated heterocycles. The van der Waals surface area contributed by atoms with Gasteiger partial charge in [-0.15, -0.1) is 11.3 Å². The van der Waals surface area contributed by atoms with Crippen LogP contribution in [0.25, 0.3) is 0 Å². The van der Waals surface area contributed by atoms with Gasteiger partial charge in [-0.1, -0.05) is 16.8 Å². The summed E-state index contributed by atoms with van der Waals surface area (Å²) in [6.07, 6.45) is 1.33. The van der Waals surface area contributed by atoms with Crippen molar-refractivity contribution < 1.29 is 17.7 Å². The van der Waals surface area contributed by atoms with Gasteiger partial charge in [0.15, 0.2) is 5.82 Å². The van der Waals surface area contributed by atoms with E-state index in [9.17, 15) is 13.2 Å². The van der Waals surface area contributed by atoms with Crippen LogP contribution in [0.15, 0.2) is 45.3 Å². The molecule has 3 aromatic rings. The summed E-state index contributed by atoms with van der Waals surface area (Å²) in [5.41, 5.74) is 0. The highest BCUT2D eigenvalue weighted by Crippen LogP contribution is 2.23. The molecular weight excluding hydrogens is 388 g/mol. The van der Waals surface area contributed by atoms with Crippen LogP contribution in [0.2, 0.25) is 5.02 Å². The number of carbonyl (C=O) groups is 1. The molecule has 3 heterocycles. The number of rotatable bonds is 5. The third-order valence-electron chi connectivity index (χ3n) is 2.95. The van der Waals surface area contributed by atoms with E-state index in [0.717, 1.165) is 11.3 Å². The average molecular weight is 399 g/mol. The summed E-state index contributed by atoms with van der Waals surface area (Å²) < 4.78 is 31.9. The monoisotopic (exact) mass is 398 g/mol. The molecule has 0 unspecified atom stereocenters. The van der Waals surface area contributed by atoms with Gasteiger partial charge in [-0.25, -0.2) is 13.4 Å². The van der Waals surface area contributed by atoms with Crippen molar-refractivity contribution in [2.24, 2.45) is 0 Å². The Bertz CT molecular complexity index is 1010. The molecule has 0 radical (unpaired) electrons. The second kappa shape index (κ2) is 6.82. The van der Waals surface area contributed by atoms with Gasteiger partial charge in [-0.3, -0.25) is 9.52 Å². The fourth-order valence-electron chi connectivity index (χ4n) is 1.81. The first-order valence-electron chi connectivity index (χ1n) is 6.81. The van der Waals surface area contributed by atoms with E-state index in [0.29, 0.717) is 10.8 Å². The number of carbonyl (C=O) groups excluding carboxylic acids is 1. The van der Waals surface area contributed by atoms with E-state index in [4.69, 9.17) is 16.1 Å².